The largest absolute Gasteiger partial charge is 0.365 e. The minimum Gasteiger partial charge on any atom is -0.365 e. The molecule has 0 saturated carbocycles. The lowest BCUT2D eigenvalue weighted by atomic mass is 10.1. The number of carbonyl (C=O) groups excluding carboxylic acids is 1. The van der Waals surface area contributed by atoms with E-state index in [0.717, 1.165) is 42.9 Å². The van der Waals surface area contributed by atoms with Crippen LogP contribution < -0.4 is 21.7 Å². The van der Waals surface area contributed by atoms with Gasteiger partial charge in [0.1, 0.15) is 5.82 Å². The smallest absolute Gasteiger partial charge is 0.252 e. The summed E-state index contributed by atoms with van der Waals surface area (Å²) in [5, 5.41) is 10.4. The number of fused-ring (bicyclic) bond motifs is 1. The van der Waals surface area contributed by atoms with Gasteiger partial charge >= 0.3 is 0 Å². The zero-order valence-corrected chi connectivity index (χ0v) is 15.2. The molecule has 1 amide bonds. The third-order valence-electron chi connectivity index (χ3n) is 4.74. The van der Waals surface area contributed by atoms with Crippen LogP contribution in [0.2, 0.25) is 0 Å². The van der Waals surface area contributed by atoms with Gasteiger partial charge in [0, 0.05) is 29.9 Å². The normalized spacial score (nSPS) is 16.7. The molecule has 1 fully saturated rings. The van der Waals surface area contributed by atoms with E-state index in [4.69, 9.17) is 5.73 Å². The van der Waals surface area contributed by atoms with Gasteiger partial charge in [-0.25, -0.2) is 9.37 Å². The lowest BCUT2D eigenvalue weighted by Crippen LogP contribution is -2.38. The molecule has 1 aliphatic rings. The number of hydrogen-bond acceptors (Lipinski definition) is 6. The van der Waals surface area contributed by atoms with Crippen LogP contribution in [0.3, 0.4) is 0 Å². The highest BCUT2D eigenvalue weighted by Gasteiger charge is 2.19. The fourth-order valence-corrected chi connectivity index (χ4v) is 3.33. The molecule has 144 valence electrons. The first-order valence-electron chi connectivity index (χ1n) is 9.19. The fraction of sp³-hybridized carbons (Fsp3) is 0.250. The number of halogens is 1. The average molecular weight is 380 g/mol. The minimum atomic E-state index is -0.748. The van der Waals surface area contributed by atoms with E-state index in [0.29, 0.717) is 5.69 Å². The van der Waals surface area contributed by atoms with E-state index < -0.39 is 11.7 Å². The molecule has 0 radical (unpaired) electrons. The van der Waals surface area contributed by atoms with Crippen LogP contribution >= 0.6 is 0 Å². The Morgan fingerprint density at radius 2 is 2.14 bits per heavy atom. The lowest BCUT2D eigenvalue weighted by Gasteiger charge is -2.25. The van der Waals surface area contributed by atoms with Crippen molar-refractivity contribution in [3.05, 3.63) is 54.0 Å². The van der Waals surface area contributed by atoms with Gasteiger partial charge in [-0.2, -0.15) is 0 Å². The van der Waals surface area contributed by atoms with E-state index in [1.165, 1.54) is 0 Å². The average Bonchev–Trinajstić information content (AvgIpc) is 2.71. The molecular formula is C20H21FN6O. The van der Waals surface area contributed by atoms with E-state index in [1.54, 1.807) is 6.20 Å². The molecule has 2 aromatic heterocycles. The standard InChI is InChI=1S/C20H21FN6O/c21-16-10-15(18(22)28)19(27-20(16)26-14-4-2-7-23-11-14)25-13-5-6-17-12(9-13)3-1-8-24-17/h1,3,5-6,8-10,14,23H,2,4,7,11H2,(H2,22,28)(H2,25,26,27)/t14-/m0/s1. The number of anilines is 3. The Labute approximate surface area is 161 Å². The van der Waals surface area contributed by atoms with Gasteiger partial charge in [0.05, 0.1) is 11.1 Å². The second kappa shape index (κ2) is 7.77. The van der Waals surface area contributed by atoms with E-state index in [-0.39, 0.29) is 23.2 Å². The molecule has 4 rings (SSSR count). The first-order valence-corrected chi connectivity index (χ1v) is 9.19. The number of carbonyl (C=O) groups is 1. The summed E-state index contributed by atoms with van der Waals surface area (Å²) in [6.07, 6.45) is 3.65. The summed E-state index contributed by atoms with van der Waals surface area (Å²) in [5.41, 5.74) is 6.98. The van der Waals surface area contributed by atoms with Crippen LogP contribution in [-0.2, 0) is 0 Å². The topological polar surface area (TPSA) is 105 Å². The SMILES string of the molecule is NC(=O)c1cc(F)c(N[C@H]2CCCNC2)nc1Nc1ccc2ncccc2c1. The molecule has 0 spiro atoms. The number of rotatable bonds is 5. The quantitative estimate of drug-likeness (QED) is 0.543. The number of piperidine rings is 1. The van der Waals surface area contributed by atoms with Crippen molar-refractivity contribution in [3.63, 3.8) is 0 Å². The van der Waals surface area contributed by atoms with Gasteiger partial charge in [0.15, 0.2) is 11.6 Å². The number of nitrogens with two attached hydrogens (primary N) is 1. The highest BCUT2D eigenvalue weighted by molar-refractivity contribution is 5.99. The van der Waals surface area contributed by atoms with Crippen LogP contribution in [0.1, 0.15) is 23.2 Å². The van der Waals surface area contributed by atoms with Gasteiger partial charge in [-0.05, 0) is 49.7 Å². The first kappa shape index (κ1) is 18.1. The first-order chi connectivity index (χ1) is 13.6. The van der Waals surface area contributed by atoms with Gasteiger partial charge in [-0.1, -0.05) is 6.07 Å². The number of primary amides is 1. The van der Waals surface area contributed by atoms with Crippen LogP contribution in [0.4, 0.5) is 21.7 Å². The Balaban J connectivity index is 1.66. The summed E-state index contributed by atoms with van der Waals surface area (Å²) < 4.78 is 14.5. The van der Waals surface area contributed by atoms with Gasteiger partial charge in [-0.15, -0.1) is 0 Å². The number of hydrogen-bond donors (Lipinski definition) is 4. The Morgan fingerprint density at radius 3 is 2.93 bits per heavy atom. The molecular weight excluding hydrogens is 359 g/mol. The maximum absolute atomic E-state index is 14.5. The predicted octanol–water partition coefficient (Wildman–Crippen LogP) is 2.78. The monoisotopic (exact) mass is 380 g/mol. The molecule has 5 N–H and O–H groups in total. The summed E-state index contributed by atoms with van der Waals surface area (Å²) >= 11 is 0. The third kappa shape index (κ3) is 3.86. The van der Waals surface area contributed by atoms with Crippen molar-refractivity contribution in [2.24, 2.45) is 5.73 Å². The molecule has 7 nitrogen and oxygen atoms in total. The van der Waals surface area contributed by atoms with Gasteiger partial charge < -0.3 is 21.7 Å². The molecule has 1 aliphatic heterocycles. The maximum Gasteiger partial charge on any atom is 0.252 e. The number of pyridine rings is 2. The number of aromatic nitrogens is 2. The Kier molecular flexibility index (Phi) is 5.03. The second-order valence-corrected chi connectivity index (χ2v) is 6.80. The summed E-state index contributed by atoms with van der Waals surface area (Å²) in [5.74, 6) is -1.04. The van der Waals surface area contributed by atoms with E-state index >= 15 is 0 Å². The number of nitrogens with zero attached hydrogens (tertiary/aromatic N) is 2. The van der Waals surface area contributed by atoms with Crippen LogP contribution in [0.15, 0.2) is 42.6 Å². The summed E-state index contributed by atoms with van der Waals surface area (Å²) in [6, 6.07) is 10.5. The zero-order chi connectivity index (χ0) is 19.5. The second-order valence-electron chi connectivity index (χ2n) is 6.80. The summed E-state index contributed by atoms with van der Waals surface area (Å²) in [4.78, 5) is 20.4. The van der Waals surface area contributed by atoms with Crippen LogP contribution in [0.5, 0.6) is 0 Å². The van der Waals surface area contributed by atoms with Crippen molar-refractivity contribution < 1.29 is 9.18 Å². The number of benzene rings is 1. The highest BCUT2D eigenvalue weighted by Crippen LogP contribution is 2.26. The fourth-order valence-electron chi connectivity index (χ4n) is 3.33. The van der Waals surface area contributed by atoms with Crippen molar-refractivity contribution in [1.82, 2.24) is 15.3 Å². The van der Waals surface area contributed by atoms with Gasteiger partial charge in [0.2, 0.25) is 0 Å². The lowest BCUT2D eigenvalue weighted by molar-refractivity contribution is 0.100. The van der Waals surface area contributed by atoms with Crippen LogP contribution in [0.25, 0.3) is 10.9 Å². The third-order valence-corrected chi connectivity index (χ3v) is 4.74. The van der Waals surface area contributed by atoms with E-state index in [2.05, 4.69) is 25.9 Å². The molecule has 28 heavy (non-hydrogen) atoms. The van der Waals surface area contributed by atoms with Crippen molar-refractivity contribution >= 4 is 34.1 Å². The summed E-state index contributed by atoms with van der Waals surface area (Å²) in [6.45, 7) is 1.69. The molecule has 0 bridgehead atoms. The predicted molar refractivity (Wildman–Crippen MR) is 107 cm³/mol. The molecule has 1 atom stereocenters. The van der Waals surface area contributed by atoms with E-state index in [1.807, 2.05) is 30.3 Å². The van der Waals surface area contributed by atoms with E-state index in [9.17, 15) is 9.18 Å². The van der Waals surface area contributed by atoms with Crippen molar-refractivity contribution in [3.8, 4) is 0 Å². The molecule has 8 heteroatoms. The molecule has 0 aliphatic carbocycles. The Bertz CT molecular complexity index is 1020. The minimum absolute atomic E-state index is 0.00361. The summed E-state index contributed by atoms with van der Waals surface area (Å²) in [7, 11) is 0. The van der Waals surface area contributed by atoms with Crippen molar-refractivity contribution in [2.75, 3.05) is 23.7 Å². The zero-order valence-electron chi connectivity index (χ0n) is 15.2. The molecule has 0 unspecified atom stereocenters. The van der Waals surface area contributed by atoms with Crippen molar-refractivity contribution in [1.29, 1.82) is 0 Å². The van der Waals surface area contributed by atoms with Gasteiger partial charge in [0.25, 0.3) is 5.91 Å². The highest BCUT2D eigenvalue weighted by atomic mass is 19.1. The number of amides is 1. The Morgan fingerprint density at radius 1 is 1.25 bits per heavy atom. The maximum atomic E-state index is 14.5. The molecule has 3 aromatic rings. The molecule has 3 heterocycles. The van der Waals surface area contributed by atoms with Crippen molar-refractivity contribution in [2.45, 2.75) is 18.9 Å². The Hall–Kier alpha value is -3.26. The van der Waals surface area contributed by atoms with Crippen LogP contribution in [0, 0.1) is 5.82 Å². The molecule has 1 aromatic carbocycles. The molecule has 1 saturated heterocycles. The number of nitrogens with one attached hydrogen (secondary N) is 3. The van der Waals surface area contributed by atoms with Crippen LogP contribution in [-0.4, -0.2) is 35.0 Å². The van der Waals surface area contributed by atoms with Gasteiger partial charge in [-0.3, -0.25) is 9.78 Å².